The van der Waals surface area contributed by atoms with Crippen LogP contribution in [0.2, 0.25) is 0 Å². The number of hydrogen-bond acceptors (Lipinski definition) is 9. The Labute approximate surface area is 293 Å². The van der Waals surface area contributed by atoms with Crippen LogP contribution in [0.3, 0.4) is 0 Å². The number of nitrogens with zero attached hydrogens (tertiary/aromatic N) is 5. The van der Waals surface area contributed by atoms with Gasteiger partial charge in [-0.15, -0.1) is 10.2 Å². The van der Waals surface area contributed by atoms with Crippen LogP contribution in [0, 0.1) is 17.8 Å². The number of hydrogen-bond donors (Lipinski definition) is 1. The molecule has 0 saturated carbocycles. The van der Waals surface area contributed by atoms with Crippen molar-refractivity contribution in [3.63, 3.8) is 0 Å². The summed E-state index contributed by atoms with van der Waals surface area (Å²) in [6.45, 7) is 11.4. The molecule has 1 N–H and O–H groups in total. The molecule has 12 heteroatoms. The van der Waals surface area contributed by atoms with Gasteiger partial charge >= 0.3 is 0 Å². The van der Waals surface area contributed by atoms with E-state index in [1.807, 2.05) is 19.9 Å². The molecule has 272 valence electrons. The van der Waals surface area contributed by atoms with Gasteiger partial charge in [0.05, 0.1) is 39.3 Å². The smallest absolute Gasteiger partial charge is 0.246 e. The molecule has 0 amide bonds. The average Bonchev–Trinajstić information content (AvgIpc) is 3.46. The van der Waals surface area contributed by atoms with Gasteiger partial charge in [-0.05, 0) is 48.9 Å². The van der Waals surface area contributed by atoms with E-state index >= 15 is 0 Å². The Bertz CT molecular complexity index is 1580. The normalized spacial score (nSPS) is 15.1. The Kier molecular flexibility index (Phi) is 13.5. The van der Waals surface area contributed by atoms with Gasteiger partial charge in [0.2, 0.25) is 16.0 Å². The van der Waals surface area contributed by atoms with Gasteiger partial charge in [-0.1, -0.05) is 85.1 Å². The predicted octanol–water partition coefficient (Wildman–Crippen LogP) is 7.14. The van der Waals surface area contributed by atoms with Gasteiger partial charge in [0, 0.05) is 29.9 Å². The van der Waals surface area contributed by atoms with E-state index in [1.54, 1.807) is 49.4 Å². The summed E-state index contributed by atoms with van der Waals surface area (Å²) < 4.78 is 48.5. The highest BCUT2D eigenvalue weighted by Gasteiger charge is 2.44. The lowest BCUT2D eigenvalue weighted by molar-refractivity contribution is -0.154. The number of aliphatic hydroxyl groups excluding tert-OH is 1. The van der Waals surface area contributed by atoms with Crippen LogP contribution in [0.5, 0.6) is 11.5 Å². The lowest BCUT2D eigenvalue weighted by Crippen LogP contribution is -2.53. The van der Waals surface area contributed by atoms with Gasteiger partial charge < -0.3 is 19.3 Å². The molecule has 1 aliphatic heterocycles. The number of unbranched alkanes of at least 4 members (excludes halogenated alkanes) is 8. The van der Waals surface area contributed by atoms with Crippen LogP contribution >= 0.6 is 0 Å². The first-order valence-electron chi connectivity index (χ1n) is 17.6. The third-order valence-corrected chi connectivity index (χ3v) is 11.0. The van der Waals surface area contributed by atoms with E-state index in [0.717, 1.165) is 24.8 Å². The minimum atomic E-state index is -4.09. The van der Waals surface area contributed by atoms with Crippen molar-refractivity contribution in [2.75, 3.05) is 44.0 Å². The van der Waals surface area contributed by atoms with Crippen molar-refractivity contribution in [3.05, 3.63) is 42.2 Å². The topological polar surface area (TPSA) is 129 Å². The first kappa shape index (κ1) is 38.6. The van der Waals surface area contributed by atoms with Crippen LogP contribution in [0.25, 0.3) is 17.1 Å². The third-order valence-electron chi connectivity index (χ3n) is 9.29. The second-order valence-corrected chi connectivity index (χ2v) is 16.9. The second-order valence-electron chi connectivity index (χ2n) is 14.9. The van der Waals surface area contributed by atoms with Crippen molar-refractivity contribution < 1.29 is 27.7 Å². The molecule has 1 aliphatic rings. The number of sulfonamides is 1. The summed E-state index contributed by atoms with van der Waals surface area (Å²) in [4.78, 5) is 4.36. The fourth-order valence-corrected chi connectivity index (χ4v) is 7.93. The van der Waals surface area contributed by atoms with Gasteiger partial charge in [0.15, 0.2) is 5.82 Å². The summed E-state index contributed by atoms with van der Waals surface area (Å²) >= 11 is 0. The van der Waals surface area contributed by atoms with E-state index in [9.17, 15) is 13.5 Å². The van der Waals surface area contributed by atoms with Crippen LogP contribution in [0.15, 0.2) is 36.7 Å². The molecule has 0 aliphatic carbocycles. The van der Waals surface area contributed by atoms with E-state index < -0.39 is 27.3 Å². The second kappa shape index (κ2) is 17.1. The molecule has 11 nitrogen and oxygen atoms in total. The van der Waals surface area contributed by atoms with Gasteiger partial charge in [0.1, 0.15) is 17.2 Å². The van der Waals surface area contributed by atoms with Crippen molar-refractivity contribution >= 4 is 16.0 Å². The van der Waals surface area contributed by atoms with Crippen molar-refractivity contribution in [1.82, 2.24) is 19.7 Å². The van der Waals surface area contributed by atoms with E-state index in [4.69, 9.17) is 14.2 Å². The number of pyridine rings is 1. The SMILES string of the molecule is COc1cccc(OC)c1-n1c(-c2cncc(C)c2)nnc1N(CCCCCCCCCCCC(C)(C)C)S(=O)(=O)C[C@H](O)C1(C)COC1. The molecule has 3 heterocycles. The number of aromatic nitrogens is 4. The maximum absolute atomic E-state index is 14.3. The van der Waals surface area contributed by atoms with E-state index in [1.165, 1.54) is 42.8 Å². The molecule has 1 saturated heterocycles. The summed E-state index contributed by atoms with van der Waals surface area (Å²) in [7, 11) is -0.994. The van der Waals surface area contributed by atoms with Crippen LogP contribution in [0.4, 0.5) is 5.95 Å². The number of ether oxygens (including phenoxy) is 3. The third kappa shape index (κ3) is 10.2. The predicted molar refractivity (Wildman–Crippen MR) is 194 cm³/mol. The monoisotopic (exact) mass is 699 g/mol. The lowest BCUT2D eigenvalue weighted by atomic mass is 9.83. The van der Waals surface area contributed by atoms with Crippen molar-refractivity contribution in [3.8, 4) is 28.6 Å². The fraction of sp³-hybridized carbons (Fsp3) is 0.649. The highest BCUT2D eigenvalue weighted by Crippen LogP contribution is 2.40. The minimum Gasteiger partial charge on any atom is -0.494 e. The number of anilines is 1. The molecule has 1 atom stereocenters. The molecular weight excluding hydrogens is 643 g/mol. The summed E-state index contributed by atoms with van der Waals surface area (Å²) in [5.74, 6) is 0.919. The molecule has 0 radical (unpaired) electrons. The quantitative estimate of drug-likeness (QED) is 0.122. The van der Waals surface area contributed by atoms with Crippen LogP contribution < -0.4 is 13.8 Å². The number of aryl methyl sites for hydroxylation is 1. The Morgan fingerprint density at radius 2 is 1.55 bits per heavy atom. The molecule has 0 spiro atoms. The first-order chi connectivity index (χ1) is 23.3. The summed E-state index contributed by atoms with van der Waals surface area (Å²) in [6, 6.07) is 7.29. The van der Waals surface area contributed by atoms with Crippen LogP contribution in [0.1, 0.15) is 97.5 Å². The van der Waals surface area contributed by atoms with Crippen molar-refractivity contribution in [2.45, 2.75) is 105 Å². The Balaban J connectivity index is 1.61. The number of aliphatic hydroxyl groups is 1. The van der Waals surface area contributed by atoms with Gasteiger partial charge in [-0.2, -0.15) is 0 Å². The van der Waals surface area contributed by atoms with Gasteiger partial charge in [-0.25, -0.2) is 12.7 Å². The molecule has 4 rings (SSSR count). The van der Waals surface area contributed by atoms with E-state index in [2.05, 4.69) is 36.0 Å². The number of para-hydroxylation sites is 1. The molecule has 0 unspecified atom stereocenters. The maximum Gasteiger partial charge on any atom is 0.246 e. The number of methoxy groups -OCH3 is 2. The highest BCUT2D eigenvalue weighted by molar-refractivity contribution is 7.92. The number of rotatable bonds is 20. The Morgan fingerprint density at radius 3 is 2.08 bits per heavy atom. The van der Waals surface area contributed by atoms with Crippen molar-refractivity contribution in [1.29, 1.82) is 0 Å². The maximum atomic E-state index is 14.3. The van der Waals surface area contributed by atoms with Gasteiger partial charge in [-0.3, -0.25) is 9.55 Å². The first-order valence-corrected chi connectivity index (χ1v) is 19.3. The minimum absolute atomic E-state index is 0.0942. The summed E-state index contributed by atoms with van der Waals surface area (Å²) in [6.07, 6.45) is 13.4. The van der Waals surface area contributed by atoms with E-state index in [-0.39, 0.29) is 12.5 Å². The standard InChI is InChI=1S/C37H57N5O6S/c1-28-22-29(24-38-23-28)34-39-40-35(42(34)33-30(46-6)18-17-19-31(33)47-7)41(49(44,45)25-32(43)37(5)26-48-27-37)21-16-14-12-10-8-9-11-13-15-20-36(2,3)4/h17-19,22-24,32,43H,8-16,20-21,25-27H2,1-7H3/t32-/m0/s1. The zero-order valence-electron chi connectivity index (χ0n) is 30.6. The largest absolute Gasteiger partial charge is 0.494 e. The molecule has 49 heavy (non-hydrogen) atoms. The Morgan fingerprint density at radius 1 is 0.959 bits per heavy atom. The van der Waals surface area contributed by atoms with Gasteiger partial charge in [0.25, 0.3) is 0 Å². The molecule has 0 bridgehead atoms. The zero-order chi connectivity index (χ0) is 35.7. The zero-order valence-corrected chi connectivity index (χ0v) is 31.4. The summed E-state index contributed by atoms with van der Waals surface area (Å²) in [5, 5.41) is 20.2. The van der Waals surface area contributed by atoms with E-state index in [0.29, 0.717) is 53.6 Å². The average molecular weight is 700 g/mol. The molecular formula is C37H57N5O6S. The molecule has 2 aromatic heterocycles. The van der Waals surface area contributed by atoms with Crippen LogP contribution in [-0.2, 0) is 14.8 Å². The molecule has 3 aromatic rings. The summed E-state index contributed by atoms with van der Waals surface area (Å²) in [5.41, 5.74) is 1.79. The fourth-order valence-electron chi connectivity index (χ4n) is 6.18. The highest BCUT2D eigenvalue weighted by atomic mass is 32.2. The molecule has 1 fully saturated rings. The Hall–Kier alpha value is -3.22. The lowest BCUT2D eigenvalue weighted by Gasteiger charge is -2.42. The van der Waals surface area contributed by atoms with Crippen LogP contribution in [-0.4, -0.2) is 79.1 Å². The van der Waals surface area contributed by atoms with Crippen molar-refractivity contribution in [2.24, 2.45) is 10.8 Å². The number of benzene rings is 1. The molecule has 1 aromatic carbocycles.